The molecule has 3 heteroatoms. The fraction of sp³-hybridized carbons (Fsp3) is 0.647. The predicted octanol–water partition coefficient (Wildman–Crippen LogP) is 4.85. The summed E-state index contributed by atoms with van der Waals surface area (Å²) >= 11 is 0. The first-order valence-electron chi connectivity index (χ1n) is 7.73. The van der Waals surface area contributed by atoms with Crippen LogP contribution in [0.5, 0.6) is 5.75 Å². The molecule has 0 amide bonds. The zero-order chi connectivity index (χ0) is 14.8. The van der Waals surface area contributed by atoms with Gasteiger partial charge in [0.1, 0.15) is 11.6 Å². The number of ether oxygens (including phenoxy) is 1. The van der Waals surface area contributed by atoms with E-state index in [1.807, 2.05) is 7.05 Å². The van der Waals surface area contributed by atoms with Crippen molar-refractivity contribution in [3.05, 3.63) is 29.6 Å². The van der Waals surface area contributed by atoms with E-state index < -0.39 is 0 Å². The van der Waals surface area contributed by atoms with Crippen LogP contribution in [0.15, 0.2) is 18.2 Å². The van der Waals surface area contributed by atoms with Crippen LogP contribution in [0.4, 0.5) is 4.39 Å². The van der Waals surface area contributed by atoms with Gasteiger partial charge in [0.15, 0.2) is 0 Å². The molecule has 0 aromatic heterocycles. The van der Waals surface area contributed by atoms with E-state index in [4.69, 9.17) is 4.74 Å². The van der Waals surface area contributed by atoms with Gasteiger partial charge >= 0.3 is 0 Å². The summed E-state index contributed by atoms with van der Waals surface area (Å²) in [6.45, 7) is 2.23. The second-order valence-corrected chi connectivity index (χ2v) is 5.28. The molecule has 0 spiro atoms. The summed E-state index contributed by atoms with van der Waals surface area (Å²) in [6, 6.07) is 4.89. The van der Waals surface area contributed by atoms with Gasteiger partial charge in [-0.25, -0.2) is 4.39 Å². The molecule has 1 N–H and O–H groups in total. The summed E-state index contributed by atoms with van der Waals surface area (Å²) in [5, 5.41) is 3.28. The van der Waals surface area contributed by atoms with Gasteiger partial charge in [-0.05, 0) is 31.7 Å². The number of hydrogen-bond acceptors (Lipinski definition) is 2. The van der Waals surface area contributed by atoms with E-state index in [0.29, 0.717) is 0 Å². The van der Waals surface area contributed by atoms with Crippen LogP contribution in [-0.2, 0) is 0 Å². The third-order valence-electron chi connectivity index (χ3n) is 3.76. The third-order valence-corrected chi connectivity index (χ3v) is 3.76. The minimum absolute atomic E-state index is 0.159. The van der Waals surface area contributed by atoms with E-state index in [-0.39, 0.29) is 11.9 Å². The Morgan fingerprint density at radius 2 is 1.85 bits per heavy atom. The smallest absolute Gasteiger partial charge is 0.123 e. The number of unbranched alkanes of at least 4 members (excludes halogenated alkanes) is 5. The lowest BCUT2D eigenvalue weighted by Gasteiger charge is -2.19. The number of methoxy groups -OCH3 is 1. The van der Waals surface area contributed by atoms with Crippen molar-refractivity contribution in [3.63, 3.8) is 0 Å². The summed E-state index contributed by atoms with van der Waals surface area (Å²) in [5.74, 6) is 0.556. The summed E-state index contributed by atoms with van der Waals surface area (Å²) in [5.41, 5.74) is 0.920. The molecule has 0 saturated heterocycles. The molecule has 0 aliphatic heterocycles. The molecule has 0 aliphatic carbocycles. The van der Waals surface area contributed by atoms with Crippen molar-refractivity contribution >= 4 is 0 Å². The van der Waals surface area contributed by atoms with E-state index >= 15 is 0 Å². The number of rotatable bonds is 10. The van der Waals surface area contributed by atoms with Crippen molar-refractivity contribution in [3.8, 4) is 5.75 Å². The van der Waals surface area contributed by atoms with Gasteiger partial charge < -0.3 is 10.1 Å². The molecule has 1 rings (SSSR count). The quantitative estimate of drug-likeness (QED) is 0.619. The lowest BCUT2D eigenvalue weighted by molar-refractivity contribution is 0.394. The zero-order valence-electron chi connectivity index (χ0n) is 13.0. The van der Waals surface area contributed by atoms with Crippen LogP contribution < -0.4 is 10.1 Å². The monoisotopic (exact) mass is 281 g/mol. The fourth-order valence-corrected chi connectivity index (χ4v) is 2.56. The lowest BCUT2D eigenvalue weighted by Crippen LogP contribution is -2.17. The molecule has 1 aromatic rings. The van der Waals surface area contributed by atoms with Crippen molar-refractivity contribution in [2.45, 2.75) is 57.9 Å². The van der Waals surface area contributed by atoms with E-state index in [0.717, 1.165) is 24.2 Å². The normalized spacial score (nSPS) is 12.4. The van der Waals surface area contributed by atoms with Crippen molar-refractivity contribution in [2.75, 3.05) is 14.2 Å². The molecule has 2 nitrogen and oxygen atoms in total. The third kappa shape index (κ3) is 5.49. The number of hydrogen-bond donors (Lipinski definition) is 1. The van der Waals surface area contributed by atoms with E-state index in [2.05, 4.69) is 12.2 Å². The molecule has 1 atom stereocenters. The summed E-state index contributed by atoms with van der Waals surface area (Å²) in [6.07, 6.45) is 8.65. The maximum atomic E-state index is 13.4. The van der Waals surface area contributed by atoms with E-state index in [1.165, 1.54) is 38.2 Å². The van der Waals surface area contributed by atoms with Crippen LogP contribution >= 0.6 is 0 Å². The fourth-order valence-electron chi connectivity index (χ4n) is 2.56. The molecule has 0 fully saturated rings. The minimum Gasteiger partial charge on any atom is -0.496 e. The molecule has 0 radical (unpaired) electrons. The standard InChI is InChI=1S/C17H28FNO/c1-4-5-6-7-8-9-10-16(19-2)15-13-14(18)11-12-17(15)20-3/h11-13,16,19H,4-10H2,1-3H3. The number of benzene rings is 1. The van der Waals surface area contributed by atoms with Gasteiger partial charge in [0.2, 0.25) is 0 Å². The highest BCUT2D eigenvalue weighted by atomic mass is 19.1. The second-order valence-electron chi connectivity index (χ2n) is 5.28. The van der Waals surface area contributed by atoms with Crippen molar-refractivity contribution in [2.24, 2.45) is 0 Å². The first-order chi connectivity index (χ1) is 9.72. The SMILES string of the molecule is CCCCCCCCC(NC)c1cc(F)ccc1OC. The molecule has 0 aliphatic rings. The van der Waals surface area contributed by atoms with Crippen LogP contribution in [0, 0.1) is 5.82 Å². The molecular weight excluding hydrogens is 253 g/mol. The Kier molecular flexibility index (Phi) is 8.28. The van der Waals surface area contributed by atoms with Crippen LogP contribution in [0.2, 0.25) is 0 Å². The predicted molar refractivity (Wildman–Crippen MR) is 82.7 cm³/mol. The van der Waals surface area contributed by atoms with Crippen LogP contribution in [0.3, 0.4) is 0 Å². The first kappa shape index (κ1) is 17.0. The molecule has 0 saturated carbocycles. The van der Waals surface area contributed by atoms with Gasteiger partial charge in [-0.1, -0.05) is 45.4 Å². The van der Waals surface area contributed by atoms with E-state index in [9.17, 15) is 4.39 Å². The Morgan fingerprint density at radius 3 is 2.50 bits per heavy atom. The van der Waals surface area contributed by atoms with Gasteiger partial charge in [-0.2, -0.15) is 0 Å². The topological polar surface area (TPSA) is 21.3 Å². The van der Waals surface area contributed by atoms with Gasteiger partial charge in [-0.3, -0.25) is 0 Å². The highest BCUT2D eigenvalue weighted by Gasteiger charge is 2.15. The van der Waals surface area contributed by atoms with Gasteiger partial charge in [0.05, 0.1) is 7.11 Å². The largest absolute Gasteiger partial charge is 0.496 e. The molecule has 1 aromatic carbocycles. The van der Waals surface area contributed by atoms with Gasteiger partial charge in [0.25, 0.3) is 0 Å². The van der Waals surface area contributed by atoms with Crippen LogP contribution in [0.1, 0.15) is 63.5 Å². The molecule has 114 valence electrons. The number of halogens is 1. The highest BCUT2D eigenvalue weighted by molar-refractivity contribution is 5.36. The van der Waals surface area contributed by atoms with Crippen molar-refractivity contribution in [1.29, 1.82) is 0 Å². The Labute approximate surface area is 122 Å². The Hall–Kier alpha value is -1.09. The molecule has 1 unspecified atom stereocenters. The van der Waals surface area contributed by atoms with Gasteiger partial charge in [-0.15, -0.1) is 0 Å². The van der Waals surface area contributed by atoms with Crippen molar-refractivity contribution < 1.29 is 9.13 Å². The Bertz CT molecular complexity index is 381. The maximum Gasteiger partial charge on any atom is 0.123 e. The first-order valence-corrected chi connectivity index (χ1v) is 7.73. The molecule has 20 heavy (non-hydrogen) atoms. The van der Waals surface area contributed by atoms with Gasteiger partial charge in [0, 0.05) is 11.6 Å². The van der Waals surface area contributed by atoms with Crippen LogP contribution in [-0.4, -0.2) is 14.2 Å². The van der Waals surface area contributed by atoms with Crippen LogP contribution in [0.25, 0.3) is 0 Å². The molecular formula is C17H28FNO. The minimum atomic E-state index is -0.205. The Morgan fingerprint density at radius 1 is 1.15 bits per heavy atom. The second kappa shape index (κ2) is 9.76. The summed E-state index contributed by atoms with van der Waals surface area (Å²) in [7, 11) is 3.56. The molecule has 0 heterocycles. The summed E-state index contributed by atoms with van der Waals surface area (Å²) in [4.78, 5) is 0. The number of nitrogens with one attached hydrogen (secondary N) is 1. The highest BCUT2D eigenvalue weighted by Crippen LogP contribution is 2.29. The maximum absolute atomic E-state index is 13.4. The van der Waals surface area contributed by atoms with E-state index in [1.54, 1.807) is 19.2 Å². The zero-order valence-corrected chi connectivity index (χ0v) is 13.0. The molecule has 0 bridgehead atoms. The average Bonchev–Trinajstić information content (AvgIpc) is 2.46. The lowest BCUT2D eigenvalue weighted by atomic mass is 9.98. The van der Waals surface area contributed by atoms with Crippen molar-refractivity contribution in [1.82, 2.24) is 5.32 Å². The average molecular weight is 281 g/mol. The summed E-state index contributed by atoms with van der Waals surface area (Å²) < 4.78 is 18.8. The Balaban J connectivity index is 2.51.